The average molecular weight is 297 g/mol. The number of primary amides is 1. The van der Waals surface area contributed by atoms with Crippen molar-refractivity contribution >= 4 is 28.7 Å². The van der Waals surface area contributed by atoms with Crippen LogP contribution >= 0.6 is 11.8 Å². The zero-order valence-electron chi connectivity index (χ0n) is 11.5. The van der Waals surface area contributed by atoms with E-state index in [0.717, 1.165) is 22.2 Å². The predicted molar refractivity (Wildman–Crippen MR) is 85.1 cm³/mol. The summed E-state index contributed by atoms with van der Waals surface area (Å²) in [6.45, 7) is 2.03. The van der Waals surface area contributed by atoms with Crippen molar-refractivity contribution in [2.45, 2.75) is 17.3 Å². The Hall–Kier alpha value is -2.27. The van der Waals surface area contributed by atoms with E-state index >= 15 is 0 Å². The van der Waals surface area contributed by atoms with Gasteiger partial charge in [-0.3, -0.25) is 4.79 Å². The molecule has 0 aliphatic rings. The van der Waals surface area contributed by atoms with Crippen LogP contribution < -0.4 is 5.73 Å². The van der Waals surface area contributed by atoms with Gasteiger partial charge in [0.1, 0.15) is 5.25 Å². The van der Waals surface area contributed by atoms with Crippen LogP contribution in [0.2, 0.25) is 0 Å². The quantitative estimate of drug-likeness (QED) is 0.726. The lowest BCUT2D eigenvalue weighted by molar-refractivity contribution is -0.117. The van der Waals surface area contributed by atoms with Crippen LogP contribution in [0.1, 0.15) is 16.4 Å². The highest BCUT2D eigenvalue weighted by atomic mass is 32.2. The fourth-order valence-corrected chi connectivity index (χ4v) is 3.14. The van der Waals surface area contributed by atoms with E-state index in [9.17, 15) is 4.79 Å². The van der Waals surface area contributed by atoms with Gasteiger partial charge in [-0.15, -0.1) is 0 Å². The Morgan fingerprint density at radius 1 is 1.24 bits per heavy atom. The van der Waals surface area contributed by atoms with Crippen molar-refractivity contribution in [1.82, 2.24) is 9.97 Å². The van der Waals surface area contributed by atoms with Crippen LogP contribution in [-0.2, 0) is 4.79 Å². The molecule has 0 bridgehead atoms. The maximum atomic E-state index is 11.7. The topological polar surface area (TPSA) is 71.8 Å². The molecule has 0 fully saturated rings. The number of benzene rings is 2. The molecule has 5 heteroatoms. The van der Waals surface area contributed by atoms with E-state index in [1.807, 2.05) is 55.5 Å². The summed E-state index contributed by atoms with van der Waals surface area (Å²) in [5, 5.41) is 0.246. The van der Waals surface area contributed by atoms with Crippen LogP contribution in [0.5, 0.6) is 0 Å². The summed E-state index contributed by atoms with van der Waals surface area (Å²) in [6.07, 6.45) is 0. The van der Waals surface area contributed by atoms with Crippen molar-refractivity contribution < 1.29 is 4.79 Å². The van der Waals surface area contributed by atoms with Gasteiger partial charge in [-0.1, -0.05) is 48.2 Å². The summed E-state index contributed by atoms with van der Waals surface area (Å²) >= 11 is 1.34. The van der Waals surface area contributed by atoms with Gasteiger partial charge in [-0.05, 0) is 30.2 Å². The minimum absolute atomic E-state index is 0.372. The second-order valence-corrected chi connectivity index (χ2v) is 5.97. The molecule has 1 amide bonds. The molecule has 0 unspecified atom stereocenters. The summed E-state index contributed by atoms with van der Waals surface area (Å²) < 4.78 is 0. The minimum atomic E-state index is -0.451. The second-order valence-electron chi connectivity index (χ2n) is 4.87. The maximum Gasteiger partial charge on any atom is 0.235 e. The summed E-state index contributed by atoms with van der Waals surface area (Å²) in [5.74, 6) is -0.372. The van der Waals surface area contributed by atoms with Gasteiger partial charge < -0.3 is 10.7 Å². The number of aryl methyl sites for hydroxylation is 1. The fraction of sp³-hybridized carbons (Fsp3) is 0.125. The van der Waals surface area contributed by atoms with Crippen molar-refractivity contribution in [3.05, 3.63) is 59.7 Å². The first-order valence-corrected chi connectivity index (χ1v) is 7.49. The molecular formula is C16H15N3OS. The third-order valence-corrected chi connectivity index (χ3v) is 4.36. The number of hydrogen-bond donors (Lipinski definition) is 2. The van der Waals surface area contributed by atoms with Gasteiger partial charge in [0.15, 0.2) is 5.16 Å². The maximum absolute atomic E-state index is 11.7. The number of thioether (sulfide) groups is 1. The number of nitrogens with zero attached hydrogens (tertiary/aromatic N) is 1. The van der Waals surface area contributed by atoms with Gasteiger partial charge in [0.05, 0.1) is 11.0 Å². The molecule has 1 heterocycles. The lowest BCUT2D eigenvalue weighted by Crippen LogP contribution is -2.19. The Morgan fingerprint density at radius 3 is 2.71 bits per heavy atom. The van der Waals surface area contributed by atoms with Crippen LogP contribution in [0.4, 0.5) is 0 Å². The molecule has 0 radical (unpaired) electrons. The molecular weight excluding hydrogens is 282 g/mol. The molecule has 0 saturated carbocycles. The molecule has 21 heavy (non-hydrogen) atoms. The molecule has 106 valence electrons. The Bertz CT molecular complexity index is 783. The first-order valence-electron chi connectivity index (χ1n) is 6.61. The van der Waals surface area contributed by atoms with Gasteiger partial charge in [-0.2, -0.15) is 0 Å². The van der Waals surface area contributed by atoms with Crippen LogP contribution in [0, 0.1) is 6.92 Å². The second kappa shape index (κ2) is 5.61. The smallest absolute Gasteiger partial charge is 0.235 e. The van der Waals surface area contributed by atoms with Crippen LogP contribution in [0.25, 0.3) is 11.0 Å². The Labute approximate surface area is 126 Å². The zero-order chi connectivity index (χ0) is 14.8. The van der Waals surface area contributed by atoms with Gasteiger partial charge >= 0.3 is 0 Å². The zero-order valence-corrected chi connectivity index (χ0v) is 12.4. The summed E-state index contributed by atoms with van der Waals surface area (Å²) in [4.78, 5) is 19.5. The molecule has 0 saturated heterocycles. The highest BCUT2D eigenvalue weighted by Crippen LogP contribution is 2.34. The standard InChI is InChI=1S/C16H15N3OS/c1-10-7-8-12-13(9-10)19-16(18-12)21-14(15(17)20)11-5-3-2-4-6-11/h2-9,14H,1H3,(H2,17,20)(H,18,19)/t14-/m0/s1. The summed E-state index contributed by atoms with van der Waals surface area (Å²) in [6, 6.07) is 15.5. The van der Waals surface area contributed by atoms with Crippen molar-refractivity contribution in [3.8, 4) is 0 Å². The van der Waals surface area contributed by atoms with Crippen molar-refractivity contribution in [3.63, 3.8) is 0 Å². The number of nitrogens with one attached hydrogen (secondary N) is 1. The van der Waals surface area contributed by atoms with Crippen molar-refractivity contribution in [2.24, 2.45) is 5.73 Å². The molecule has 0 aliphatic carbocycles. The van der Waals surface area contributed by atoms with Crippen LogP contribution in [0.3, 0.4) is 0 Å². The number of imidazole rings is 1. The van der Waals surface area contributed by atoms with E-state index in [4.69, 9.17) is 5.73 Å². The number of nitrogens with two attached hydrogens (primary N) is 1. The minimum Gasteiger partial charge on any atom is -0.368 e. The number of hydrogen-bond acceptors (Lipinski definition) is 3. The normalized spacial score (nSPS) is 12.4. The molecule has 0 spiro atoms. The summed E-state index contributed by atoms with van der Waals surface area (Å²) in [5.41, 5.74) is 9.43. The van der Waals surface area contributed by atoms with E-state index in [-0.39, 0.29) is 5.91 Å². The Morgan fingerprint density at radius 2 is 2.00 bits per heavy atom. The lowest BCUT2D eigenvalue weighted by atomic mass is 10.1. The van der Waals surface area contributed by atoms with Gasteiger partial charge in [0.25, 0.3) is 0 Å². The molecule has 3 rings (SSSR count). The molecule has 1 atom stereocenters. The van der Waals surface area contributed by atoms with Gasteiger partial charge in [0, 0.05) is 0 Å². The molecule has 2 aromatic carbocycles. The third kappa shape index (κ3) is 2.92. The van der Waals surface area contributed by atoms with Crippen molar-refractivity contribution in [2.75, 3.05) is 0 Å². The number of rotatable bonds is 4. The number of aromatic amines is 1. The molecule has 0 aliphatic heterocycles. The summed E-state index contributed by atoms with van der Waals surface area (Å²) in [7, 11) is 0. The SMILES string of the molecule is Cc1ccc2nc(S[C@H](C(N)=O)c3ccccc3)[nH]c2c1. The van der Waals surface area contributed by atoms with Crippen molar-refractivity contribution in [1.29, 1.82) is 0 Å². The first-order chi connectivity index (χ1) is 10.1. The number of amides is 1. The Kier molecular flexibility index (Phi) is 3.66. The van der Waals surface area contributed by atoms with E-state index in [1.165, 1.54) is 11.8 Å². The number of carbonyl (C=O) groups excluding carboxylic acids is 1. The van der Waals surface area contributed by atoms with E-state index < -0.39 is 5.25 Å². The molecule has 1 aromatic heterocycles. The van der Waals surface area contributed by atoms with E-state index in [2.05, 4.69) is 9.97 Å². The highest BCUT2D eigenvalue weighted by molar-refractivity contribution is 8.00. The largest absolute Gasteiger partial charge is 0.368 e. The van der Waals surface area contributed by atoms with Gasteiger partial charge in [-0.25, -0.2) is 4.98 Å². The predicted octanol–water partition coefficient (Wildman–Crippen LogP) is 3.19. The molecule has 4 nitrogen and oxygen atoms in total. The van der Waals surface area contributed by atoms with E-state index in [1.54, 1.807) is 0 Å². The number of H-pyrrole nitrogens is 1. The van der Waals surface area contributed by atoms with Crippen LogP contribution in [0.15, 0.2) is 53.7 Å². The fourth-order valence-electron chi connectivity index (χ4n) is 2.19. The number of carbonyl (C=O) groups is 1. The molecule has 3 aromatic rings. The van der Waals surface area contributed by atoms with Crippen LogP contribution in [-0.4, -0.2) is 15.9 Å². The molecule has 3 N–H and O–H groups in total. The lowest BCUT2D eigenvalue weighted by Gasteiger charge is -2.11. The van der Waals surface area contributed by atoms with Gasteiger partial charge in [0.2, 0.25) is 5.91 Å². The Balaban J connectivity index is 1.93. The first kappa shape index (κ1) is 13.7. The van der Waals surface area contributed by atoms with E-state index in [0.29, 0.717) is 5.16 Å². The highest BCUT2D eigenvalue weighted by Gasteiger charge is 2.20. The third-order valence-electron chi connectivity index (χ3n) is 3.21. The number of fused-ring (bicyclic) bond motifs is 1. The number of aromatic nitrogens is 2. The monoisotopic (exact) mass is 297 g/mol. The average Bonchev–Trinajstić information content (AvgIpc) is 2.87.